The molecular weight excluding hydrogens is 200 g/mol. The zero-order valence-corrected chi connectivity index (χ0v) is 11.0. The molecule has 0 spiro atoms. The van der Waals surface area contributed by atoms with E-state index in [0.29, 0.717) is 6.54 Å². The monoisotopic (exact) mass is 228 g/mol. The van der Waals surface area contributed by atoms with Gasteiger partial charge in [-0.25, -0.2) is 0 Å². The standard InChI is InChI=1S/C13H28N2O/c1-3-5-6-12(4-2)10-15-7-8-16-13(9-14)11-15/h12-13H,3-11,14H2,1-2H3. The van der Waals surface area contributed by atoms with E-state index in [1.165, 1.54) is 32.2 Å². The summed E-state index contributed by atoms with van der Waals surface area (Å²) in [5, 5.41) is 0. The topological polar surface area (TPSA) is 38.5 Å². The lowest BCUT2D eigenvalue weighted by Crippen LogP contribution is -2.47. The molecule has 0 radical (unpaired) electrons. The van der Waals surface area contributed by atoms with E-state index in [2.05, 4.69) is 18.7 Å². The van der Waals surface area contributed by atoms with Crippen LogP contribution in [0.4, 0.5) is 0 Å². The van der Waals surface area contributed by atoms with E-state index in [0.717, 1.165) is 25.6 Å². The largest absolute Gasteiger partial charge is 0.374 e. The van der Waals surface area contributed by atoms with Crippen molar-refractivity contribution in [1.82, 2.24) is 4.90 Å². The minimum Gasteiger partial charge on any atom is -0.374 e. The lowest BCUT2D eigenvalue weighted by Gasteiger charge is -2.34. The maximum atomic E-state index is 5.66. The van der Waals surface area contributed by atoms with Crippen LogP contribution >= 0.6 is 0 Å². The van der Waals surface area contributed by atoms with Crippen molar-refractivity contribution < 1.29 is 4.74 Å². The Hall–Kier alpha value is -0.120. The van der Waals surface area contributed by atoms with Crippen LogP contribution in [0.25, 0.3) is 0 Å². The predicted octanol–water partition coefficient (Wildman–Crippen LogP) is 1.86. The Labute approximate surface area is 100 Å². The SMILES string of the molecule is CCCCC(CC)CN1CCOC(CN)C1. The zero-order chi connectivity index (χ0) is 11.8. The van der Waals surface area contributed by atoms with Gasteiger partial charge < -0.3 is 10.5 Å². The van der Waals surface area contributed by atoms with Crippen LogP contribution in [0, 0.1) is 5.92 Å². The minimum absolute atomic E-state index is 0.262. The summed E-state index contributed by atoms with van der Waals surface area (Å²) in [5.74, 6) is 0.858. The molecule has 1 fully saturated rings. The Kier molecular flexibility index (Phi) is 7.01. The molecule has 0 saturated carbocycles. The van der Waals surface area contributed by atoms with Crippen molar-refractivity contribution in [2.24, 2.45) is 11.7 Å². The van der Waals surface area contributed by atoms with E-state index in [4.69, 9.17) is 10.5 Å². The van der Waals surface area contributed by atoms with Crippen LogP contribution in [-0.4, -0.2) is 43.8 Å². The van der Waals surface area contributed by atoms with Crippen LogP contribution in [-0.2, 0) is 4.74 Å². The molecule has 0 aromatic heterocycles. The van der Waals surface area contributed by atoms with Crippen molar-refractivity contribution in [2.75, 3.05) is 32.8 Å². The van der Waals surface area contributed by atoms with Gasteiger partial charge in [0.2, 0.25) is 0 Å². The predicted molar refractivity (Wildman–Crippen MR) is 68.5 cm³/mol. The Morgan fingerprint density at radius 2 is 2.25 bits per heavy atom. The lowest BCUT2D eigenvalue weighted by molar-refractivity contribution is -0.0283. The molecule has 0 aromatic carbocycles. The van der Waals surface area contributed by atoms with E-state index in [-0.39, 0.29) is 6.10 Å². The fourth-order valence-corrected chi connectivity index (χ4v) is 2.37. The van der Waals surface area contributed by atoms with Gasteiger partial charge >= 0.3 is 0 Å². The number of nitrogens with zero attached hydrogens (tertiary/aromatic N) is 1. The second kappa shape index (κ2) is 8.04. The molecule has 1 aliphatic rings. The maximum Gasteiger partial charge on any atom is 0.0824 e. The van der Waals surface area contributed by atoms with E-state index >= 15 is 0 Å². The molecule has 3 nitrogen and oxygen atoms in total. The molecule has 1 heterocycles. The first-order chi connectivity index (χ1) is 7.80. The Morgan fingerprint density at radius 3 is 2.88 bits per heavy atom. The van der Waals surface area contributed by atoms with E-state index in [1.54, 1.807) is 0 Å². The summed E-state index contributed by atoms with van der Waals surface area (Å²) in [7, 11) is 0. The minimum atomic E-state index is 0.262. The normalized spacial score (nSPS) is 24.6. The Morgan fingerprint density at radius 1 is 1.44 bits per heavy atom. The molecule has 1 aliphatic heterocycles. The van der Waals surface area contributed by atoms with E-state index in [1.807, 2.05) is 0 Å². The first kappa shape index (κ1) is 13.9. The van der Waals surface area contributed by atoms with Crippen molar-refractivity contribution in [3.63, 3.8) is 0 Å². The van der Waals surface area contributed by atoms with Gasteiger partial charge in [-0.15, -0.1) is 0 Å². The van der Waals surface area contributed by atoms with Crippen LogP contribution in [0.3, 0.4) is 0 Å². The van der Waals surface area contributed by atoms with Crippen molar-refractivity contribution >= 4 is 0 Å². The Balaban J connectivity index is 2.27. The average molecular weight is 228 g/mol. The fourth-order valence-electron chi connectivity index (χ4n) is 2.37. The molecule has 1 saturated heterocycles. The fraction of sp³-hybridized carbons (Fsp3) is 1.00. The molecule has 3 heteroatoms. The number of nitrogens with two attached hydrogens (primary N) is 1. The van der Waals surface area contributed by atoms with E-state index < -0.39 is 0 Å². The van der Waals surface area contributed by atoms with Crippen LogP contribution in [0.5, 0.6) is 0 Å². The average Bonchev–Trinajstić information content (AvgIpc) is 2.34. The summed E-state index contributed by atoms with van der Waals surface area (Å²) >= 11 is 0. The highest BCUT2D eigenvalue weighted by atomic mass is 16.5. The summed E-state index contributed by atoms with van der Waals surface area (Å²) in [6, 6.07) is 0. The van der Waals surface area contributed by atoms with Crippen LogP contribution in [0.1, 0.15) is 39.5 Å². The smallest absolute Gasteiger partial charge is 0.0824 e. The van der Waals surface area contributed by atoms with Gasteiger partial charge in [0.15, 0.2) is 0 Å². The number of hydrogen-bond acceptors (Lipinski definition) is 3. The van der Waals surface area contributed by atoms with Gasteiger partial charge in [-0.3, -0.25) is 4.90 Å². The number of rotatable bonds is 7. The molecule has 0 amide bonds. The highest BCUT2D eigenvalue weighted by Crippen LogP contribution is 2.16. The van der Waals surface area contributed by atoms with Crippen LogP contribution in [0.2, 0.25) is 0 Å². The number of hydrogen-bond donors (Lipinski definition) is 1. The molecule has 2 atom stereocenters. The van der Waals surface area contributed by atoms with Crippen LogP contribution in [0.15, 0.2) is 0 Å². The highest BCUT2D eigenvalue weighted by Gasteiger charge is 2.21. The highest BCUT2D eigenvalue weighted by molar-refractivity contribution is 4.74. The van der Waals surface area contributed by atoms with Gasteiger partial charge in [0.05, 0.1) is 12.7 Å². The number of unbranched alkanes of at least 4 members (excludes halogenated alkanes) is 1. The summed E-state index contributed by atoms with van der Waals surface area (Å²) in [5.41, 5.74) is 5.66. The summed E-state index contributed by atoms with van der Waals surface area (Å²) in [6.45, 7) is 9.43. The zero-order valence-electron chi connectivity index (χ0n) is 11.0. The van der Waals surface area contributed by atoms with Gasteiger partial charge in [0.1, 0.15) is 0 Å². The maximum absolute atomic E-state index is 5.66. The first-order valence-electron chi connectivity index (χ1n) is 6.84. The molecule has 16 heavy (non-hydrogen) atoms. The first-order valence-corrected chi connectivity index (χ1v) is 6.84. The lowest BCUT2D eigenvalue weighted by atomic mass is 9.98. The van der Waals surface area contributed by atoms with Crippen molar-refractivity contribution in [3.05, 3.63) is 0 Å². The summed E-state index contributed by atoms with van der Waals surface area (Å²) in [6.07, 6.45) is 5.61. The van der Waals surface area contributed by atoms with Gasteiger partial charge in [-0.05, 0) is 12.3 Å². The molecule has 2 N–H and O–H groups in total. The summed E-state index contributed by atoms with van der Waals surface area (Å²) in [4.78, 5) is 2.53. The third kappa shape index (κ3) is 4.81. The third-order valence-electron chi connectivity index (χ3n) is 3.55. The van der Waals surface area contributed by atoms with Crippen molar-refractivity contribution in [2.45, 2.75) is 45.6 Å². The van der Waals surface area contributed by atoms with Gasteiger partial charge in [0.25, 0.3) is 0 Å². The quantitative estimate of drug-likeness (QED) is 0.723. The van der Waals surface area contributed by atoms with Gasteiger partial charge in [-0.2, -0.15) is 0 Å². The van der Waals surface area contributed by atoms with E-state index in [9.17, 15) is 0 Å². The van der Waals surface area contributed by atoms with Crippen molar-refractivity contribution in [3.8, 4) is 0 Å². The second-order valence-corrected chi connectivity index (χ2v) is 4.90. The number of ether oxygens (including phenoxy) is 1. The molecule has 1 rings (SSSR count). The third-order valence-corrected chi connectivity index (χ3v) is 3.55. The molecule has 96 valence electrons. The van der Waals surface area contributed by atoms with Gasteiger partial charge in [-0.1, -0.05) is 33.1 Å². The number of morpholine rings is 1. The van der Waals surface area contributed by atoms with Gasteiger partial charge in [0, 0.05) is 26.2 Å². The molecule has 0 bridgehead atoms. The van der Waals surface area contributed by atoms with Crippen molar-refractivity contribution in [1.29, 1.82) is 0 Å². The molecule has 0 aliphatic carbocycles. The second-order valence-electron chi connectivity index (χ2n) is 4.90. The molecule has 0 aromatic rings. The molecule has 2 unspecified atom stereocenters. The van der Waals surface area contributed by atoms with Crippen LogP contribution < -0.4 is 5.73 Å². The molecular formula is C13H28N2O. The Bertz CT molecular complexity index is 175. The summed E-state index contributed by atoms with van der Waals surface area (Å²) < 4.78 is 5.59.